The quantitative estimate of drug-likeness (QED) is 0.677. The average molecular weight is 279 g/mol. The van der Waals surface area contributed by atoms with Crippen molar-refractivity contribution >= 4 is 17.5 Å². The Balaban J connectivity index is 2.00. The molecule has 1 aromatic rings. The Hall–Kier alpha value is -2.31. The molecule has 7 nitrogen and oxygen atoms in total. The molecule has 20 heavy (non-hydrogen) atoms. The van der Waals surface area contributed by atoms with Gasteiger partial charge in [-0.15, -0.1) is 0 Å². The van der Waals surface area contributed by atoms with E-state index in [0.717, 1.165) is 12.1 Å². The van der Waals surface area contributed by atoms with Crippen LogP contribution in [0.5, 0.6) is 0 Å². The summed E-state index contributed by atoms with van der Waals surface area (Å²) in [5, 5.41) is 14.0. The minimum absolute atomic E-state index is 0.109. The zero-order valence-electron chi connectivity index (χ0n) is 11.5. The second-order valence-corrected chi connectivity index (χ2v) is 4.80. The average Bonchev–Trinajstić information content (AvgIpc) is 2.86. The topological polar surface area (TPSA) is 84.7 Å². The van der Waals surface area contributed by atoms with Crippen LogP contribution in [0.3, 0.4) is 0 Å². The third-order valence-corrected chi connectivity index (χ3v) is 3.39. The first-order valence-corrected chi connectivity index (χ1v) is 6.35. The van der Waals surface area contributed by atoms with Crippen molar-refractivity contribution in [3.8, 4) is 0 Å². The number of benzene rings is 1. The maximum absolute atomic E-state index is 11.4. The van der Waals surface area contributed by atoms with Crippen molar-refractivity contribution in [2.24, 2.45) is 0 Å². The Morgan fingerprint density at radius 2 is 2.30 bits per heavy atom. The Morgan fingerprint density at radius 3 is 2.90 bits per heavy atom. The zero-order valence-corrected chi connectivity index (χ0v) is 11.5. The van der Waals surface area contributed by atoms with Gasteiger partial charge in [0.1, 0.15) is 0 Å². The Bertz CT molecular complexity index is 532. The molecule has 2 rings (SSSR count). The highest BCUT2D eigenvalue weighted by molar-refractivity contribution is 5.68. The number of aryl methyl sites for hydroxylation is 1. The monoisotopic (exact) mass is 279 g/mol. The van der Waals surface area contributed by atoms with Crippen LogP contribution in [0.25, 0.3) is 0 Å². The maximum atomic E-state index is 11.4. The molecule has 1 N–H and O–H groups in total. The number of nitro benzene ring substituents is 1. The molecule has 0 unspecified atom stereocenters. The van der Waals surface area contributed by atoms with Crippen LogP contribution in [0, 0.1) is 17.0 Å². The molecule has 1 aromatic carbocycles. The van der Waals surface area contributed by atoms with Gasteiger partial charge in [-0.25, -0.2) is 4.79 Å². The summed E-state index contributed by atoms with van der Waals surface area (Å²) < 4.78 is 4.68. The highest BCUT2D eigenvalue weighted by atomic mass is 16.6. The molecule has 108 valence electrons. The Labute approximate surface area is 116 Å². The second-order valence-electron chi connectivity index (χ2n) is 4.80. The van der Waals surface area contributed by atoms with Gasteiger partial charge in [-0.1, -0.05) is 0 Å². The number of nitrogens with one attached hydrogen (secondary N) is 1. The predicted octanol–water partition coefficient (Wildman–Crippen LogP) is 2.16. The fourth-order valence-electron chi connectivity index (χ4n) is 2.36. The van der Waals surface area contributed by atoms with Crippen LogP contribution < -0.4 is 5.32 Å². The first-order valence-electron chi connectivity index (χ1n) is 6.35. The van der Waals surface area contributed by atoms with E-state index in [1.165, 1.54) is 13.2 Å². The van der Waals surface area contributed by atoms with Gasteiger partial charge in [-0.3, -0.25) is 10.1 Å². The van der Waals surface area contributed by atoms with Crippen LogP contribution in [0.4, 0.5) is 16.2 Å². The lowest BCUT2D eigenvalue weighted by Gasteiger charge is -2.16. The van der Waals surface area contributed by atoms with Crippen molar-refractivity contribution in [3.63, 3.8) is 0 Å². The zero-order chi connectivity index (χ0) is 14.7. The molecular formula is C13H17N3O4. The maximum Gasteiger partial charge on any atom is 0.409 e. The lowest BCUT2D eigenvalue weighted by Crippen LogP contribution is -2.31. The molecule has 7 heteroatoms. The molecule has 1 heterocycles. The molecule has 0 saturated carbocycles. The molecule has 1 aliphatic rings. The fourth-order valence-corrected chi connectivity index (χ4v) is 2.36. The predicted molar refractivity (Wildman–Crippen MR) is 73.8 cm³/mol. The van der Waals surface area contributed by atoms with Gasteiger partial charge >= 0.3 is 6.09 Å². The lowest BCUT2D eigenvalue weighted by molar-refractivity contribution is -0.385. The van der Waals surface area contributed by atoms with E-state index in [1.54, 1.807) is 24.0 Å². The summed E-state index contributed by atoms with van der Waals surface area (Å²) >= 11 is 0. The normalized spacial score (nSPS) is 17.9. The summed E-state index contributed by atoms with van der Waals surface area (Å²) in [6, 6.07) is 5.06. The number of anilines is 1. The number of nitrogens with zero attached hydrogens (tertiary/aromatic N) is 2. The van der Waals surface area contributed by atoms with Crippen LogP contribution in [-0.4, -0.2) is 42.2 Å². The van der Waals surface area contributed by atoms with Gasteiger partial charge in [0.25, 0.3) is 5.69 Å². The molecule has 1 aliphatic heterocycles. The number of rotatable bonds is 3. The molecule has 1 amide bonds. The number of ether oxygens (including phenoxy) is 1. The molecule has 0 bridgehead atoms. The molecular weight excluding hydrogens is 262 g/mol. The van der Waals surface area contributed by atoms with Crippen molar-refractivity contribution in [3.05, 3.63) is 33.9 Å². The van der Waals surface area contributed by atoms with E-state index < -0.39 is 4.92 Å². The first-order chi connectivity index (χ1) is 9.51. The van der Waals surface area contributed by atoms with Crippen LogP contribution >= 0.6 is 0 Å². The highest BCUT2D eigenvalue weighted by Gasteiger charge is 2.26. The fraction of sp³-hybridized carbons (Fsp3) is 0.462. The molecule has 1 fully saturated rings. The summed E-state index contributed by atoms with van der Waals surface area (Å²) in [6.45, 7) is 2.93. The van der Waals surface area contributed by atoms with Gasteiger partial charge in [-0.05, 0) is 25.5 Å². The standard InChI is InChI=1S/C13H17N3O4/c1-9-7-10(3-4-12(9)16(18)19)14-11-5-6-15(8-11)13(17)20-2/h3-4,7,11,14H,5-6,8H2,1-2H3/t11-/m1/s1. The number of methoxy groups -OCH3 is 1. The van der Waals surface area contributed by atoms with E-state index in [0.29, 0.717) is 18.7 Å². The minimum Gasteiger partial charge on any atom is -0.453 e. The largest absolute Gasteiger partial charge is 0.453 e. The Morgan fingerprint density at radius 1 is 1.55 bits per heavy atom. The number of carbonyl (C=O) groups is 1. The summed E-state index contributed by atoms with van der Waals surface area (Å²) in [5.74, 6) is 0. The van der Waals surface area contributed by atoms with E-state index in [2.05, 4.69) is 10.1 Å². The van der Waals surface area contributed by atoms with Gasteiger partial charge in [0.15, 0.2) is 0 Å². The highest BCUT2D eigenvalue weighted by Crippen LogP contribution is 2.23. The number of likely N-dealkylation sites (tertiary alicyclic amines) is 1. The third-order valence-electron chi connectivity index (χ3n) is 3.39. The van der Waals surface area contributed by atoms with Gasteiger partial charge in [0.05, 0.1) is 12.0 Å². The Kier molecular flexibility index (Phi) is 4.07. The number of hydrogen-bond donors (Lipinski definition) is 1. The van der Waals surface area contributed by atoms with Crippen molar-refractivity contribution in [1.82, 2.24) is 4.90 Å². The minimum atomic E-state index is -0.395. The van der Waals surface area contributed by atoms with E-state index in [1.807, 2.05) is 0 Å². The van der Waals surface area contributed by atoms with Crippen molar-refractivity contribution in [1.29, 1.82) is 0 Å². The van der Waals surface area contributed by atoms with Crippen LogP contribution in [-0.2, 0) is 4.74 Å². The molecule has 0 spiro atoms. The van der Waals surface area contributed by atoms with Crippen molar-refractivity contribution < 1.29 is 14.5 Å². The van der Waals surface area contributed by atoms with E-state index in [9.17, 15) is 14.9 Å². The number of carbonyl (C=O) groups excluding carboxylic acids is 1. The van der Waals surface area contributed by atoms with E-state index in [-0.39, 0.29) is 17.8 Å². The second kappa shape index (κ2) is 5.77. The van der Waals surface area contributed by atoms with E-state index in [4.69, 9.17) is 0 Å². The first kappa shape index (κ1) is 14.1. The SMILES string of the molecule is COC(=O)N1CC[C@@H](Nc2ccc([N+](=O)[O-])c(C)c2)C1. The number of nitro groups is 1. The van der Waals surface area contributed by atoms with Crippen LogP contribution in [0.1, 0.15) is 12.0 Å². The summed E-state index contributed by atoms with van der Waals surface area (Å²) in [4.78, 5) is 23.4. The molecule has 0 aromatic heterocycles. The van der Waals surface area contributed by atoms with Gasteiger partial charge in [0.2, 0.25) is 0 Å². The van der Waals surface area contributed by atoms with Gasteiger partial charge < -0.3 is 15.0 Å². The lowest BCUT2D eigenvalue weighted by atomic mass is 10.1. The van der Waals surface area contributed by atoms with Gasteiger partial charge in [0, 0.05) is 36.4 Å². The molecule has 0 radical (unpaired) electrons. The van der Waals surface area contributed by atoms with Crippen LogP contribution in [0.2, 0.25) is 0 Å². The summed E-state index contributed by atoms with van der Waals surface area (Å²) in [6.07, 6.45) is 0.500. The number of amides is 1. The summed E-state index contributed by atoms with van der Waals surface area (Å²) in [7, 11) is 1.36. The molecule has 1 atom stereocenters. The van der Waals surface area contributed by atoms with Crippen molar-refractivity contribution in [2.75, 3.05) is 25.5 Å². The number of hydrogen-bond acceptors (Lipinski definition) is 5. The third kappa shape index (κ3) is 2.98. The molecule has 0 aliphatic carbocycles. The van der Waals surface area contributed by atoms with E-state index >= 15 is 0 Å². The summed E-state index contributed by atoms with van der Waals surface area (Å²) in [5.41, 5.74) is 1.55. The molecule has 1 saturated heterocycles. The van der Waals surface area contributed by atoms with Crippen molar-refractivity contribution in [2.45, 2.75) is 19.4 Å². The van der Waals surface area contributed by atoms with Crippen LogP contribution in [0.15, 0.2) is 18.2 Å². The van der Waals surface area contributed by atoms with Gasteiger partial charge in [-0.2, -0.15) is 0 Å². The smallest absolute Gasteiger partial charge is 0.409 e.